The molecule has 104 valence electrons. The van der Waals surface area contributed by atoms with Crippen molar-refractivity contribution in [2.75, 3.05) is 50.8 Å². The quantitative estimate of drug-likeness (QED) is 0.831. The van der Waals surface area contributed by atoms with E-state index in [2.05, 4.69) is 26.9 Å². The molecular formula is C14H27N3S. The Labute approximate surface area is 116 Å². The molecule has 3 aliphatic rings. The van der Waals surface area contributed by atoms with E-state index in [1.54, 1.807) is 0 Å². The van der Waals surface area contributed by atoms with Crippen LogP contribution in [0.3, 0.4) is 0 Å². The van der Waals surface area contributed by atoms with Crippen molar-refractivity contribution in [2.24, 2.45) is 0 Å². The summed E-state index contributed by atoms with van der Waals surface area (Å²) in [6.07, 6.45) is 5.67. The maximum atomic E-state index is 3.66. The van der Waals surface area contributed by atoms with Gasteiger partial charge in [0.2, 0.25) is 0 Å². The molecule has 3 rings (SSSR count). The maximum Gasteiger partial charge on any atom is 0.0223 e. The van der Waals surface area contributed by atoms with Gasteiger partial charge in [-0.05, 0) is 32.4 Å². The number of piperidine rings is 1. The van der Waals surface area contributed by atoms with Gasteiger partial charge in [-0.15, -0.1) is 0 Å². The Morgan fingerprint density at radius 3 is 3.06 bits per heavy atom. The molecule has 1 N–H and O–H groups in total. The number of hydrogen-bond acceptors (Lipinski definition) is 4. The summed E-state index contributed by atoms with van der Waals surface area (Å²) >= 11 is 2.12. The molecule has 0 saturated carbocycles. The van der Waals surface area contributed by atoms with Gasteiger partial charge in [0.15, 0.2) is 0 Å². The molecule has 0 spiro atoms. The van der Waals surface area contributed by atoms with Crippen molar-refractivity contribution in [1.29, 1.82) is 0 Å². The van der Waals surface area contributed by atoms with Crippen molar-refractivity contribution in [3.05, 3.63) is 0 Å². The number of nitrogens with one attached hydrogen (secondary N) is 1. The van der Waals surface area contributed by atoms with Gasteiger partial charge in [-0.2, -0.15) is 11.8 Å². The minimum Gasteiger partial charge on any atom is -0.312 e. The maximum absolute atomic E-state index is 3.66. The average molecular weight is 269 g/mol. The van der Waals surface area contributed by atoms with E-state index < -0.39 is 0 Å². The first-order chi connectivity index (χ1) is 8.92. The van der Waals surface area contributed by atoms with Crippen LogP contribution in [0.1, 0.15) is 25.7 Å². The highest BCUT2D eigenvalue weighted by Gasteiger charge is 2.28. The first-order valence-corrected chi connectivity index (χ1v) is 8.85. The summed E-state index contributed by atoms with van der Waals surface area (Å²) in [5.41, 5.74) is 0. The zero-order chi connectivity index (χ0) is 12.2. The van der Waals surface area contributed by atoms with Crippen LogP contribution in [0.25, 0.3) is 0 Å². The molecule has 18 heavy (non-hydrogen) atoms. The van der Waals surface area contributed by atoms with Gasteiger partial charge in [0.1, 0.15) is 0 Å². The number of hydrogen-bond donors (Lipinski definition) is 1. The second-order valence-electron chi connectivity index (χ2n) is 6.00. The smallest absolute Gasteiger partial charge is 0.0223 e. The molecule has 3 fully saturated rings. The lowest BCUT2D eigenvalue weighted by Gasteiger charge is -2.44. The Hall–Kier alpha value is 0.230. The van der Waals surface area contributed by atoms with Crippen molar-refractivity contribution in [3.63, 3.8) is 0 Å². The van der Waals surface area contributed by atoms with Crippen LogP contribution in [0.4, 0.5) is 0 Å². The predicted molar refractivity (Wildman–Crippen MR) is 79.4 cm³/mol. The lowest BCUT2D eigenvalue weighted by molar-refractivity contribution is 0.0479. The third-order valence-corrected chi connectivity index (χ3v) is 5.84. The van der Waals surface area contributed by atoms with E-state index in [-0.39, 0.29) is 0 Å². The molecule has 3 aliphatic heterocycles. The van der Waals surface area contributed by atoms with Crippen LogP contribution in [0.5, 0.6) is 0 Å². The number of nitrogens with zero attached hydrogens (tertiary/aromatic N) is 2. The molecule has 3 nitrogen and oxygen atoms in total. The number of rotatable bonds is 3. The fraction of sp³-hybridized carbons (Fsp3) is 1.00. The fourth-order valence-corrected chi connectivity index (χ4v) is 4.56. The Bertz CT molecular complexity index is 255. The van der Waals surface area contributed by atoms with Gasteiger partial charge in [-0.25, -0.2) is 0 Å². The van der Waals surface area contributed by atoms with Gasteiger partial charge in [0.25, 0.3) is 0 Å². The van der Waals surface area contributed by atoms with Crippen LogP contribution < -0.4 is 5.32 Å². The van der Waals surface area contributed by atoms with Crippen LogP contribution in [0, 0.1) is 0 Å². The number of thioether (sulfide) groups is 1. The van der Waals surface area contributed by atoms with Crippen LogP contribution in [0.15, 0.2) is 0 Å². The van der Waals surface area contributed by atoms with E-state index >= 15 is 0 Å². The number of piperazine rings is 1. The van der Waals surface area contributed by atoms with Crippen molar-refractivity contribution in [3.8, 4) is 0 Å². The second kappa shape index (κ2) is 6.60. The fourth-order valence-electron chi connectivity index (χ4n) is 3.57. The van der Waals surface area contributed by atoms with E-state index in [1.165, 1.54) is 76.5 Å². The summed E-state index contributed by atoms with van der Waals surface area (Å²) in [7, 11) is 0. The first kappa shape index (κ1) is 13.2. The largest absolute Gasteiger partial charge is 0.312 e. The monoisotopic (exact) mass is 269 g/mol. The van der Waals surface area contributed by atoms with E-state index in [9.17, 15) is 0 Å². The Morgan fingerprint density at radius 1 is 1.17 bits per heavy atom. The Morgan fingerprint density at radius 2 is 2.17 bits per heavy atom. The summed E-state index contributed by atoms with van der Waals surface area (Å²) in [6.45, 7) is 7.83. The minimum absolute atomic E-state index is 0.771. The first-order valence-electron chi connectivity index (χ1n) is 7.69. The molecule has 0 aromatic rings. The highest BCUT2D eigenvalue weighted by molar-refractivity contribution is 7.99. The van der Waals surface area contributed by atoms with Crippen molar-refractivity contribution in [2.45, 2.75) is 37.8 Å². The topological polar surface area (TPSA) is 18.5 Å². The van der Waals surface area contributed by atoms with E-state index in [0.29, 0.717) is 0 Å². The lowest BCUT2D eigenvalue weighted by atomic mass is 9.99. The third kappa shape index (κ3) is 3.41. The van der Waals surface area contributed by atoms with Crippen LogP contribution in [-0.2, 0) is 0 Å². The van der Waals surface area contributed by atoms with Crippen LogP contribution in [0.2, 0.25) is 0 Å². The SMILES string of the molecule is C1CCN2CCN(CCC3CSCCN3)CC2C1. The molecule has 0 aromatic carbocycles. The van der Waals surface area contributed by atoms with Crippen molar-refractivity contribution >= 4 is 11.8 Å². The van der Waals surface area contributed by atoms with Crippen LogP contribution >= 0.6 is 11.8 Å². The van der Waals surface area contributed by atoms with E-state index in [1.807, 2.05) is 0 Å². The van der Waals surface area contributed by atoms with Gasteiger partial charge in [0.05, 0.1) is 0 Å². The summed E-state index contributed by atoms with van der Waals surface area (Å²) < 4.78 is 0. The standard InChI is InChI=1S/C14H27N3S/c1-2-6-17-9-8-16(11-14(17)3-1)7-4-13-12-18-10-5-15-13/h13-15H,1-12H2. The van der Waals surface area contributed by atoms with Gasteiger partial charge in [-0.1, -0.05) is 6.42 Å². The van der Waals surface area contributed by atoms with E-state index in [0.717, 1.165) is 12.1 Å². The van der Waals surface area contributed by atoms with E-state index in [4.69, 9.17) is 0 Å². The van der Waals surface area contributed by atoms with Gasteiger partial charge >= 0.3 is 0 Å². The molecule has 0 bridgehead atoms. The van der Waals surface area contributed by atoms with Crippen molar-refractivity contribution in [1.82, 2.24) is 15.1 Å². The molecule has 0 aromatic heterocycles. The lowest BCUT2D eigenvalue weighted by Crippen LogP contribution is -2.55. The Kier molecular flexibility index (Phi) is 4.85. The normalized spacial score (nSPS) is 35.3. The molecule has 3 saturated heterocycles. The zero-order valence-corrected chi connectivity index (χ0v) is 12.3. The molecule has 0 radical (unpaired) electrons. The zero-order valence-electron chi connectivity index (χ0n) is 11.4. The molecule has 4 heteroatoms. The van der Waals surface area contributed by atoms with Gasteiger partial charge < -0.3 is 10.2 Å². The molecular weight excluding hydrogens is 242 g/mol. The van der Waals surface area contributed by atoms with Crippen molar-refractivity contribution < 1.29 is 0 Å². The highest BCUT2D eigenvalue weighted by Crippen LogP contribution is 2.21. The molecule has 0 amide bonds. The highest BCUT2D eigenvalue weighted by atomic mass is 32.2. The average Bonchev–Trinajstić information content (AvgIpc) is 2.46. The summed E-state index contributed by atoms with van der Waals surface area (Å²) in [5.74, 6) is 2.63. The third-order valence-electron chi connectivity index (χ3n) is 4.71. The molecule has 2 unspecified atom stereocenters. The molecule has 2 atom stereocenters. The number of fused-ring (bicyclic) bond motifs is 1. The predicted octanol–water partition coefficient (Wildman–Crippen LogP) is 1.25. The van der Waals surface area contributed by atoms with Crippen LogP contribution in [-0.4, -0.2) is 72.7 Å². The second-order valence-corrected chi connectivity index (χ2v) is 7.15. The Balaban J connectivity index is 1.40. The minimum atomic E-state index is 0.771. The van der Waals surface area contributed by atoms with Gasteiger partial charge in [-0.3, -0.25) is 4.90 Å². The molecule has 3 heterocycles. The molecule has 0 aliphatic carbocycles. The summed E-state index contributed by atoms with van der Waals surface area (Å²) in [6, 6.07) is 1.65. The summed E-state index contributed by atoms with van der Waals surface area (Å²) in [5, 5.41) is 3.66. The summed E-state index contributed by atoms with van der Waals surface area (Å²) in [4.78, 5) is 5.45. The van der Waals surface area contributed by atoms with Gasteiger partial charge in [0, 0.05) is 49.8 Å².